The van der Waals surface area contributed by atoms with Crippen molar-refractivity contribution in [1.29, 1.82) is 5.26 Å². The monoisotopic (exact) mass is 228 g/mol. The Morgan fingerprint density at radius 2 is 2.24 bits per heavy atom. The number of carbonyl (C=O) groups is 1. The minimum Gasteiger partial charge on any atom is -0.462 e. The van der Waals surface area contributed by atoms with Gasteiger partial charge in [-0.1, -0.05) is 37.6 Å². The molecule has 1 aromatic rings. The Balaban J connectivity index is 2.69. The van der Waals surface area contributed by atoms with Crippen LogP contribution in [0.3, 0.4) is 0 Å². The average Bonchev–Trinajstić information content (AvgIpc) is 2.37. The molecule has 3 heteroatoms. The number of nitrogens with zero attached hydrogens (tertiary/aromatic N) is 1. The number of hydrogen-bond donors (Lipinski definition) is 0. The van der Waals surface area contributed by atoms with Crippen LogP contribution in [0.4, 0.5) is 0 Å². The van der Waals surface area contributed by atoms with Crippen molar-refractivity contribution in [3.63, 3.8) is 0 Å². The van der Waals surface area contributed by atoms with E-state index in [1.807, 2.05) is 13.0 Å². The van der Waals surface area contributed by atoms with Gasteiger partial charge < -0.3 is 4.74 Å². The minimum atomic E-state index is -0.561. The molecule has 0 heterocycles. The van der Waals surface area contributed by atoms with Crippen molar-refractivity contribution in [3.05, 3.63) is 41.5 Å². The molecule has 0 aliphatic heterocycles. The highest BCUT2D eigenvalue weighted by Crippen LogP contribution is 2.07. The highest BCUT2D eigenvalue weighted by molar-refractivity contribution is 5.97. The van der Waals surface area contributed by atoms with Gasteiger partial charge in [0.25, 0.3) is 0 Å². The maximum atomic E-state index is 11.5. The topological polar surface area (TPSA) is 50.1 Å². The molecule has 1 radical (unpaired) electrons. The Hall–Kier alpha value is -2.08. The predicted octanol–water partition coefficient (Wildman–Crippen LogP) is 2.74. The fourth-order valence-electron chi connectivity index (χ4n) is 1.19. The second-order valence-electron chi connectivity index (χ2n) is 3.49. The van der Waals surface area contributed by atoms with Crippen LogP contribution in [-0.2, 0) is 9.53 Å². The van der Waals surface area contributed by atoms with Crippen LogP contribution >= 0.6 is 0 Å². The smallest absolute Gasteiger partial charge is 0.348 e. The van der Waals surface area contributed by atoms with Gasteiger partial charge >= 0.3 is 5.97 Å². The molecule has 0 aliphatic rings. The molecule has 0 amide bonds. The van der Waals surface area contributed by atoms with Gasteiger partial charge in [0.2, 0.25) is 0 Å². The number of hydrogen-bond acceptors (Lipinski definition) is 3. The third-order valence-electron chi connectivity index (χ3n) is 2.13. The van der Waals surface area contributed by atoms with E-state index in [0.717, 1.165) is 18.4 Å². The molecular weight excluding hydrogens is 214 g/mol. The molecule has 3 nitrogen and oxygen atoms in total. The summed E-state index contributed by atoms with van der Waals surface area (Å²) < 4.78 is 4.97. The lowest BCUT2D eigenvalue weighted by molar-refractivity contribution is -0.138. The molecule has 0 spiro atoms. The van der Waals surface area contributed by atoms with E-state index >= 15 is 0 Å². The fourth-order valence-corrected chi connectivity index (χ4v) is 1.19. The lowest BCUT2D eigenvalue weighted by atomic mass is 10.1. The van der Waals surface area contributed by atoms with E-state index in [9.17, 15) is 4.79 Å². The van der Waals surface area contributed by atoms with Crippen LogP contribution in [0.2, 0.25) is 0 Å². The lowest BCUT2D eigenvalue weighted by Gasteiger charge is -2.02. The highest BCUT2D eigenvalue weighted by Gasteiger charge is 2.09. The molecule has 0 fully saturated rings. The summed E-state index contributed by atoms with van der Waals surface area (Å²) >= 11 is 0. The predicted molar refractivity (Wildman–Crippen MR) is 64.7 cm³/mol. The van der Waals surface area contributed by atoms with Gasteiger partial charge in [-0.05, 0) is 24.1 Å². The Kier molecular flexibility index (Phi) is 5.53. The van der Waals surface area contributed by atoms with E-state index in [-0.39, 0.29) is 5.57 Å². The molecule has 17 heavy (non-hydrogen) atoms. The van der Waals surface area contributed by atoms with Crippen LogP contribution in [0.15, 0.2) is 29.8 Å². The van der Waals surface area contributed by atoms with Gasteiger partial charge in [0.05, 0.1) is 6.61 Å². The van der Waals surface area contributed by atoms with Crippen molar-refractivity contribution >= 4 is 12.0 Å². The van der Waals surface area contributed by atoms with Gasteiger partial charge in [0.15, 0.2) is 0 Å². The fraction of sp³-hybridized carbons (Fsp3) is 0.286. The third kappa shape index (κ3) is 4.52. The number of unbranched alkanes of at least 4 members (excludes halogenated alkanes) is 1. The summed E-state index contributed by atoms with van der Waals surface area (Å²) in [7, 11) is 0. The second kappa shape index (κ2) is 7.24. The summed E-state index contributed by atoms with van der Waals surface area (Å²) in [6.07, 6.45) is 3.28. The highest BCUT2D eigenvalue weighted by atomic mass is 16.5. The van der Waals surface area contributed by atoms with E-state index in [2.05, 4.69) is 6.07 Å². The summed E-state index contributed by atoms with van der Waals surface area (Å²) in [5, 5.41) is 8.89. The van der Waals surface area contributed by atoms with Crippen molar-refractivity contribution in [1.82, 2.24) is 0 Å². The van der Waals surface area contributed by atoms with Crippen molar-refractivity contribution in [2.24, 2.45) is 0 Å². The molecule has 0 unspecified atom stereocenters. The first kappa shape index (κ1) is 13.0. The van der Waals surface area contributed by atoms with Gasteiger partial charge in [-0.25, -0.2) is 4.79 Å². The van der Waals surface area contributed by atoms with Gasteiger partial charge in [0.1, 0.15) is 11.6 Å². The standard InChI is InChI=1S/C14H14NO2/c1-2-3-9-17-14(16)13(11-15)10-12-7-5-4-6-8-12/h5-8,10H,2-3,9H2,1H3. The summed E-state index contributed by atoms with van der Waals surface area (Å²) in [5.41, 5.74) is 0.806. The zero-order valence-corrected chi connectivity index (χ0v) is 9.77. The molecule has 0 N–H and O–H groups in total. The molecule has 1 aromatic carbocycles. The first-order valence-corrected chi connectivity index (χ1v) is 5.53. The normalized spacial score (nSPS) is 10.7. The minimum absolute atomic E-state index is 0.0207. The molecule has 0 atom stereocenters. The Morgan fingerprint density at radius 3 is 2.82 bits per heavy atom. The molecule has 0 bridgehead atoms. The summed E-state index contributed by atoms with van der Waals surface area (Å²) in [4.78, 5) is 11.5. The zero-order chi connectivity index (χ0) is 12.5. The maximum Gasteiger partial charge on any atom is 0.348 e. The van der Waals surface area contributed by atoms with Crippen molar-refractivity contribution in [2.45, 2.75) is 19.8 Å². The van der Waals surface area contributed by atoms with Crippen LogP contribution in [0.1, 0.15) is 25.3 Å². The van der Waals surface area contributed by atoms with E-state index < -0.39 is 5.97 Å². The molecule has 87 valence electrons. The maximum absolute atomic E-state index is 11.5. The van der Waals surface area contributed by atoms with E-state index in [0.29, 0.717) is 6.61 Å². The van der Waals surface area contributed by atoms with E-state index in [1.54, 1.807) is 24.3 Å². The molecule has 0 aromatic heterocycles. The Morgan fingerprint density at radius 1 is 1.53 bits per heavy atom. The van der Waals surface area contributed by atoms with Crippen molar-refractivity contribution < 1.29 is 9.53 Å². The largest absolute Gasteiger partial charge is 0.462 e. The summed E-state index contributed by atoms with van der Waals surface area (Å²) in [6, 6.07) is 11.7. The number of esters is 1. The SMILES string of the molecule is CCCCOC(=O)C(C#N)=Cc1cc[c]cc1. The number of carbonyl (C=O) groups excluding carboxylic acids is 1. The van der Waals surface area contributed by atoms with Crippen LogP contribution in [0, 0.1) is 17.4 Å². The van der Waals surface area contributed by atoms with Crippen LogP contribution in [0.5, 0.6) is 0 Å². The van der Waals surface area contributed by atoms with Crippen molar-refractivity contribution in [3.8, 4) is 6.07 Å². The first-order chi connectivity index (χ1) is 8.27. The third-order valence-corrected chi connectivity index (χ3v) is 2.13. The number of rotatable bonds is 5. The average molecular weight is 228 g/mol. The molecule has 0 saturated carbocycles. The summed E-state index contributed by atoms with van der Waals surface area (Å²) in [6.45, 7) is 2.37. The van der Waals surface area contributed by atoms with E-state index in [4.69, 9.17) is 10.00 Å². The molecule has 0 aliphatic carbocycles. The molecular formula is C14H14NO2. The molecule has 1 rings (SSSR count). The second-order valence-corrected chi connectivity index (χ2v) is 3.49. The first-order valence-electron chi connectivity index (χ1n) is 5.53. The van der Waals surface area contributed by atoms with Crippen LogP contribution < -0.4 is 0 Å². The lowest BCUT2D eigenvalue weighted by Crippen LogP contribution is -2.07. The van der Waals surface area contributed by atoms with Gasteiger partial charge in [0, 0.05) is 0 Å². The van der Waals surface area contributed by atoms with E-state index in [1.165, 1.54) is 6.08 Å². The molecule has 0 saturated heterocycles. The zero-order valence-electron chi connectivity index (χ0n) is 9.77. The van der Waals surface area contributed by atoms with Crippen molar-refractivity contribution in [2.75, 3.05) is 6.61 Å². The summed E-state index contributed by atoms with van der Waals surface area (Å²) in [5.74, 6) is -0.561. The Labute approximate surface area is 101 Å². The van der Waals surface area contributed by atoms with Crippen LogP contribution in [-0.4, -0.2) is 12.6 Å². The van der Waals surface area contributed by atoms with Gasteiger partial charge in [-0.3, -0.25) is 0 Å². The van der Waals surface area contributed by atoms with Gasteiger partial charge in [-0.15, -0.1) is 0 Å². The Bertz CT molecular complexity index is 429. The van der Waals surface area contributed by atoms with Crippen LogP contribution in [0.25, 0.3) is 6.08 Å². The van der Waals surface area contributed by atoms with Gasteiger partial charge in [-0.2, -0.15) is 5.26 Å². The number of benzene rings is 1. The number of nitriles is 1. The number of ether oxygens (including phenoxy) is 1. The quantitative estimate of drug-likeness (QED) is 0.337.